The second-order valence-corrected chi connectivity index (χ2v) is 8.45. The fourth-order valence-corrected chi connectivity index (χ4v) is 4.76. The molecule has 1 aromatic carbocycles. The average Bonchev–Trinajstić information content (AvgIpc) is 3.06. The molecule has 1 fully saturated rings. The molecule has 22 heavy (non-hydrogen) atoms. The van der Waals surface area contributed by atoms with E-state index in [4.69, 9.17) is 11.6 Å². The van der Waals surface area contributed by atoms with Crippen molar-refractivity contribution >= 4 is 38.9 Å². The van der Waals surface area contributed by atoms with Gasteiger partial charge in [0.2, 0.25) is 0 Å². The molecule has 116 valence electrons. The van der Waals surface area contributed by atoms with Gasteiger partial charge in [0.05, 0.1) is 16.4 Å². The number of hydrogen-bond acceptors (Lipinski definition) is 6. The largest absolute Gasteiger partial charge is 0.347 e. The summed E-state index contributed by atoms with van der Waals surface area (Å²) in [6.07, 6.45) is 0.432. The van der Waals surface area contributed by atoms with Crippen molar-refractivity contribution in [1.82, 2.24) is 14.9 Å². The maximum absolute atomic E-state index is 12.3. The van der Waals surface area contributed by atoms with E-state index >= 15 is 0 Å². The number of nitrogens with zero attached hydrogens (tertiary/aromatic N) is 2. The minimum atomic E-state index is -3.04. The monoisotopic (exact) mass is 357 g/mol. The van der Waals surface area contributed by atoms with Crippen molar-refractivity contribution in [1.29, 1.82) is 0 Å². The molecule has 1 N–H and O–H groups in total. The van der Waals surface area contributed by atoms with Gasteiger partial charge < -0.3 is 5.32 Å². The lowest BCUT2D eigenvalue weighted by Gasteiger charge is -2.09. The topological polar surface area (TPSA) is 89.0 Å². The lowest BCUT2D eigenvalue weighted by molar-refractivity contribution is 0.0936. The molecule has 1 amide bonds. The Kier molecular flexibility index (Phi) is 4.16. The molecule has 1 atom stereocenters. The Labute approximate surface area is 136 Å². The molecule has 1 aromatic heterocycles. The fourth-order valence-electron chi connectivity index (χ4n) is 2.29. The normalized spacial score (nSPS) is 20.0. The van der Waals surface area contributed by atoms with E-state index in [0.29, 0.717) is 16.3 Å². The number of sulfone groups is 1. The number of amides is 1. The molecule has 9 heteroatoms. The first-order valence-corrected chi connectivity index (χ1v) is 9.51. The molecule has 1 aliphatic rings. The molecule has 2 heterocycles. The second kappa shape index (κ2) is 5.94. The summed E-state index contributed by atoms with van der Waals surface area (Å²) in [5.74, 6) is -0.315. The summed E-state index contributed by atoms with van der Waals surface area (Å²) in [5.41, 5.74) is 1.00. The number of rotatable bonds is 3. The quantitative estimate of drug-likeness (QED) is 0.904. The second-order valence-electron chi connectivity index (χ2n) is 5.03. The van der Waals surface area contributed by atoms with Crippen LogP contribution in [0.2, 0.25) is 5.02 Å². The zero-order valence-corrected chi connectivity index (χ0v) is 13.7. The summed E-state index contributed by atoms with van der Waals surface area (Å²) in [5, 5.41) is 7.19. The van der Waals surface area contributed by atoms with Crippen LogP contribution in [-0.2, 0) is 9.84 Å². The third-order valence-electron chi connectivity index (χ3n) is 3.38. The third-order valence-corrected chi connectivity index (χ3v) is 6.17. The zero-order chi connectivity index (χ0) is 15.7. The minimum Gasteiger partial charge on any atom is -0.347 e. The summed E-state index contributed by atoms with van der Waals surface area (Å²) >= 11 is 6.96. The van der Waals surface area contributed by atoms with Gasteiger partial charge in [0, 0.05) is 11.1 Å². The molecule has 0 radical (unpaired) electrons. The van der Waals surface area contributed by atoms with Crippen molar-refractivity contribution in [3.8, 4) is 10.4 Å². The first kappa shape index (κ1) is 15.4. The highest BCUT2D eigenvalue weighted by molar-refractivity contribution is 7.91. The Bertz CT molecular complexity index is 802. The van der Waals surface area contributed by atoms with Crippen LogP contribution in [0.5, 0.6) is 0 Å². The van der Waals surface area contributed by atoms with Crippen LogP contribution in [0, 0.1) is 0 Å². The summed E-state index contributed by atoms with van der Waals surface area (Å²) in [6.45, 7) is 0. The van der Waals surface area contributed by atoms with E-state index in [1.54, 1.807) is 24.3 Å². The maximum Gasteiger partial charge on any atom is 0.273 e. The highest BCUT2D eigenvalue weighted by atomic mass is 35.5. The van der Waals surface area contributed by atoms with E-state index in [9.17, 15) is 13.2 Å². The predicted molar refractivity (Wildman–Crippen MR) is 84.9 cm³/mol. The fraction of sp³-hybridized carbons (Fsp3) is 0.308. The summed E-state index contributed by atoms with van der Waals surface area (Å²) < 4.78 is 26.7. The standard InChI is InChI=1S/C13H12ClN3O3S2/c14-9-3-1-8(2-4-9)12-11(16-17-21-12)13(18)15-10-5-6-22(19,20)7-10/h1-4,10H,5-7H2,(H,15,18)/t10-/m1/s1. The van der Waals surface area contributed by atoms with Crippen LogP contribution >= 0.6 is 23.1 Å². The lowest BCUT2D eigenvalue weighted by atomic mass is 10.1. The van der Waals surface area contributed by atoms with E-state index in [0.717, 1.165) is 17.1 Å². The van der Waals surface area contributed by atoms with E-state index in [1.807, 2.05) is 0 Å². The van der Waals surface area contributed by atoms with Gasteiger partial charge in [-0.05, 0) is 35.6 Å². The number of halogens is 1. The van der Waals surface area contributed by atoms with Gasteiger partial charge >= 0.3 is 0 Å². The number of carbonyl (C=O) groups excluding carboxylic acids is 1. The molecule has 0 saturated carbocycles. The van der Waals surface area contributed by atoms with Crippen LogP contribution in [0.4, 0.5) is 0 Å². The first-order valence-electron chi connectivity index (χ1n) is 6.54. The molecule has 0 bridgehead atoms. The van der Waals surface area contributed by atoms with Crippen molar-refractivity contribution in [3.05, 3.63) is 35.0 Å². The average molecular weight is 358 g/mol. The molecule has 6 nitrogen and oxygen atoms in total. The van der Waals surface area contributed by atoms with Gasteiger partial charge in [-0.3, -0.25) is 4.79 Å². The SMILES string of the molecule is O=C(N[C@@H]1CCS(=O)(=O)C1)c1nnsc1-c1ccc(Cl)cc1. The van der Waals surface area contributed by atoms with Crippen LogP contribution in [0.15, 0.2) is 24.3 Å². The molecule has 2 aromatic rings. The van der Waals surface area contributed by atoms with Crippen LogP contribution in [0.25, 0.3) is 10.4 Å². The van der Waals surface area contributed by atoms with Crippen molar-refractivity contribution in [2.75, 3.05) is 11.5 Å². The molecule has 1 aliphatic heterocycles. The summed E-state index contributed by atoms with van der Waals surface area (Å²) in [4.78, 5) is 12.9. The van der Waals surface area contributed by atoms with Crippen LogP contribution in [-0.4, -0.2) is 41.5 Å². The summed E-state index contributed by atoms with van der Waals surface area (Å²) in [7, 11) is -3.04. The van der Waals surface area contributed by atoms with Crippen molar-refractivity contribution < 1.29 is 13.2 Å². The molecule has 0 unspecified atom stereocenters. The maximum atomic E-state index is 12.3. The van der Waals surface area contributed by atoms with Gasteiger partial charge in [0.25, 0.3) is 5.91 Å². The minimum absolute atomic E-state index is 0.0212. The molecule has 3 rings (SSSR count). The Morgan fingerprint density at radius 2 is 2.05 bits per heavy atom. The highest BCUT2D eigenvalue weighted by Crippen LogP contribution is 2.27. The summed E-state index contributed by atoms with van der Waals surface area (Å²) in [6, 6.07) is 6.66. The van der Waals surface area contributed by atoms with E-state index < -0.39 is 15.7 Å². The van der Waals surface area contributed by atoms with Gasteiger partial charge in [0.15, 0.2) is 15.5 Å². The predicted octanol–water partition coefficient (Wildman–Crippen LogP) is 1.78. The molecule has 0 aliphatic carbocycles. The van der Waals surface area contributed by atoms with E-state index in [-0.39, 0.29) is 23.2 Å². The smallest absolute Gasteiger partial charge is 0.273 e. The molecule has 1 saturated heterocycles. The van der Waals surface area contributed by atoms with E-state index in [2.05, 4.69) is 14.9 Å². The van der Waals surface area contributed by atoms with Crippen LogP contribution in [0.3, 0.4) is 0 Å². The lowest BCUT2D eigenvalue weighted by Crippen LogP contribution is -2.36. The van der Waals surface area contributed by atoms with E-state index in [1.165, 1.54) is 0 Å². The number of benzene rings is 1. The Balaban J connectivity index is 1.80. The zero-order valence-electron chi connectivity index (χ0n) is 11.3. The van der Waals surface area contributed by atoms with Gasteiger partial charge in [-0.1, -0.05) is 28.2 Å². The van der Waals surface area contributed by atoms with Gasteiger partial charge in [-0.25, -0.2) is 8.42 Å². The Morgan fingerprint density at radius 3 is 2.68 bits per heavy atom. The van der Waals surface area contributed by atoms with Gasteiger partial charge in [0.1, 0.15) is 0 Å². The Hall–Kier alpha value is -1.51. The van der Waals surface area contributed by atoms with Crippen molar-refractivity contribution in [2.45, 2.75) is 12.5 Å². The molecular weight excluding hydrogens is 346 g/mol. The highest BCUT2D eigenvalue weighted by Gasteiger charge is 2.30. The number of aromatic nitrogens is 2. The number of carbonyl (C=O) groups is 1. The molecule has 0 spiro atoms. The van der Waals surface area contributed by atoms with Gasteiger partial charge in [-0.15, -0.1) is 5.10 Å². The van der Waals surface area contributed by atoms with Crippen molar-refractivity contribution in [2.24, 2.45) is 0 Å². The Morgan fingerprint density at radius 1 is 1.32 bits per heavy atom. The van der Waals surface area contributed by atoms with Crippen LogP contribution < -0.4 is 5.32 Å². The number of nitrogens with one attached hydrogen (secondary N) is 1. The number of hydrogen-bond donors (Lipinski definition) is 1. The first-order chi connectivity index (χ1) is 10.4. The van der Waals surface area contributed by atoms with Crippen molar-refractivity contribution in [3.63, 3.8) is 0 Å². The van der Waals surface area contributed by atoms with Gasteiger partial charge in [-0.2, -0.15) is 0 Å². The third kappa shape index (κ3) is 3.29. The molecular formula is C13H12ClN3O3S2. The van der Waals surface area contributed by atoms with Crippen LogP contribution in [0.1, 0.15) is 16.9 Å².